The van der Waals surface area contributed by atoms with Gasteiger partial charge in [-0.2, -0.15) is 24.4 Å². The van der Waals surface area contributed by atoms with Crippen molar-refractivity contribution in [3.8, 4) is 0 Å². The molecule has 68 valence electrons. The van der Waals surface area contributed by atoms with E-state index in [1.165, 1.54) is 11.5 Å². The maximum atomic E-state index is 4.32. The number of hydrogen-bond acceptors (Lipinski definition) is 3. The molecular formula is C7H16S4. The fourth-order valence-electron chi connectivity index (χ4n) is 0.937. The van der Waals surface area contributed by atoms with Crippen molar-refractivity contribution in [3.63, 3.8) is 0 Å². The average Bonchev–Trinajstić information content (AvgIpc) is 2.05. The van der Waals surface area contributed by atoms with Gasteiger partial charge in [-0.05, 0) is 12.5 Å². The Morgan fingerprint density at radius 3 is 2.45 bits per heavy atom. The van der Waals surface area contributed by atoms with Gasteiger partial charge in [0.25, 0.3) is 0 Å². The summed E-state index contributed by atoms with van der Waals surface area (Å²) in [7, 11) is 0.274. The molecule has 0 nitrogen and oxygen atoms in total. The lowest BCUT2D eigenvalue weighted by Crippen LogP contribution is -2.22. The highest BCUT2D eigenvalue weighted by atomic mass is 32.2. The van der Waals surface area contributed by atoms with Crippen molar-refractivity contribution in [3.05, 3.63) is 0 Å². The van der Waals surface area contributed by atoms with E-state index in [1.54, 1.807) is 0 Å². The third-order valence-corrected chi connectivity index (χ3v) is 8.61. The van der Waals surface area contributed by atoms with Gasteiger partial charge in [-0.3, -0.25) is 0 Å². The molecule has 1 aliphatic rings. The highest BCUT2D eigenvalue weighted by Crippen LogP contribution is 2.40. The molecule has 0 aromatic heterocycles. The monoisotopic (exact) mass is 228 g/mol. The summed E-state index contributed by atoms with van der Waals surface area (Å²) in [5, 5.41) is 0.814. The van der Waals surface area contributed by atoms with Crippen LogP contribution in [0.5, 0.6) is 0 Å². The van der Waals surface area contributed by atoms with E-state index >= 15 is 0 Å². The molecule has 0 radical (unpaired) electrons. The summed E-state index contributed by atoms with van der Waals surface area (Å²) < 4.78 is 0.950. The van der Waals surface area contributed by atoms with E-state index < -0.39 is 0 Å². The predicted octanol–water partition coefficient (Wildman–Crippen LogP) is 2.35. The molecule has 11 heavy (non-hydrogen) atoms. The van der Waals surface area contributed by atoms with Crippen molar-refractivity contribution in [2.45, 2.75) is 9.83 Å². The molecule has 0 saturated carbocycles. The minimum absolute atomic E-state index is 0.274. The fourth-order valence-corrected chi connectivity index (χ4v) is 6.80. The molecule has 2 atom stereocenters. The first kappa shape index (κ1) is 10.5. The summed E-state index contributed by atoms with van der Waals surface area (Å²) in [6.07, 6.45) is 4.77. The zero-order valence-corrected chi connectivity index (χ0v) is 10.4. The molecule has 4 heteroatoms. The molecule has 0 aliphatic carbocycles. The Morgan fingerprint density at radius 2 is 2.09 bits per heavy atom. The van der Waals surface area contributed by atoms with E-state index in [4.69, 9.17) is 0 Å². The first-order valence-electron chi connectivity index (χ1n) is 3.74. The van der Waals surface area contributed by atoms with Crippen LogP contribution in [0.2, 0.25) is 0 Å². The van der Waals surface area contributed by atoms with Crippen molar-refractivity contribution in [2.75, 3.05) is 29.8 Å². The molecule has 1 heterocycles. The summed E-state index contributed by atoms with van der Waals surface area (Å²) in [5.74, 6) is 3.73. The van der Waals surface area contributed by atoms with Crippen molar-refractivity contribution >= 4 is 47.0 Å². The molecule has 1 saturated heterocycles. The molecule has 1 rings (SSSR count). The van der Waals surface area contributed by atoms with Crippen molar-refractivity contribution in [2.24, 2.45) is 0 Å². The third kappa shape index (κ3) is 3.33. The standard InChI is InChI=1S/C7H16S4/c1-11(2)7-5-9-6(3-8)4-10-7/h6-8,11H,3-5H2,1-2H3. The van der Waals surface area contributed by atoms with E-state index in [-0.39, 0.29) is 10.9 Å². The molecule has 0 bridgehead atoms. The second-order valence-corrected chi connectivity index (χ2v) is 8.72. The van der Waals surface area contributed by atoms with Crippen LogP contribution in [-0.2, 0) is 0 Å². The molecule has 1 aliphatic heterocycles. The number of thioether (sulfide) groups is 2. The van der Waals surface area contributed by atoms with Crippen LogP contribution < -0.4 is 0 Å². The molecule has 1 fully saturated rings. The maximum absolute atomic E-state index is 4.32. The SMILES string of the molecule is C[SH](C)C1CSC(CS)CS1. The van der Waals surface area contributed by atoms with Gasteiger partial charge in [-0.1, -0.05) is 0 Å². The average molecular weight is 228 g/mol. The van der Waals surface area contributed by atoms with E-state index in [0.717, 1.165) is 15.6 Å². The van der Waals surface area contributed by atoms with Gasteiger partial charge < -0.3 is 0 Å². The first-order valence-corrected chi connectivity index (χ1v) is 8.78. The van der Waals surface area contributed by atoms with Crippen LogP contribution in [-0.4, -0.2) is 39.6 Å². The highest BCUT2D eigenvalue weighted by Gasteiger charge is 2.21. The Morgan fingerprint density at radius 1 is 1.36 bits per heavy atom. The number of thiol groups is 2. The lowest BCUT2D eigenvalue weighted by atomic mass is 10.5. The van der Waals surface area contributed by atoms with E-state index in [9.17, 15) is 0 Å². The highest BCUT2D eigenvalue weighted by molar-refractivity contribution is 8.28. The van der Waals surface area contributed by atoms with Gasteiger partial charge in [-0.25, -0.2) is 10.9 Å². The summed E-state index contributed by atoms with van der Waals surface area (Å²) >= 11 is 8.60. The van der Waals surface area contributed by atoms with Crippen LogP contribution >= 0.6 is 47.0 Å². The van der Waals surface area contributed by atoms with Gasteiger partial charge in [-0.15, -0.1) is 11.8 Å². The van der Waals surface area contributed by atoms with Gasteiger partial charge in [0.05, 0.1) is 0 Å². The quantitative estimate of drug-likeness (QED) is 0.697. The predicted molar refractivity (Wildman–Crippen MR) is 67.2 cm³/mol. The zero-order valence-electron chi connectivity index (χ0n) is 6.99. The van der Waals surface area contributed by atoms with Crippen LogP contribution in [0.3, 0.4) is 0 Å². The molecule has 0 aromatic carbocycles. The largest absolute Gasteiger partial charge is 0.247 e. The van der Waals surface area contributed by atoms with E-state index in [0.29, 0.717) is 0 Å². The maximum Gasteiger partial charge on any atom is 0.0411 e. The number of rotatable bonds is 2. The molecule has 0 N–H and O–H groups in total. The van der Waals surface area contributed by atoms with Gasteiger partial charge in [0.15, 0.2) is 0 Å². The Kier molecular flexibility index (Phi) is 4.95. The van der Waals surface area contributed by atoms with Crippen LogP contribution in [0.4, 0.5) is 0 Å². The molecular weight excluding hydrogens is 212 g/mol. The smallest absolute Gasteiger partial charge is 0.0411 e. The lowest BCUT2D eigenvalue weighted by molar-refractivity contribution is 1.13. The Hall–Kier alpha value is 1.40. The van der Waals surface area contributed by atoms with Gasteiger partial charge in [0.2, 0.25) is 0 Å². The van der Waals surface area contributed by atoms with Crippen molar-refractivity contribution in [1.82, 2.24) is 0 Å². The number of hydrogen-bond donors (Lipinski definition) is 2. The molecule has 0 aromatic rings. The third-order valence-electron chi connectivity index (χ3n) is 1.73. The molecule has 2 unspecified atom stereocenters. The Bertz CT molecular complexity index is 107. The Labute approximate surface area is 86.4 Å². The normalized spacial score (nSPS) is 33.5. The summed E-state index contributed by atoms with van der Waals surface area (Å²) in [6, 6.07) is 0. The summed E-state index contributed by atoms with van der Waals surface area (Å²) in [5.41, 5.74) is 0. The van der Waals surface area contributed by atoms with Gasteiger partial charge in [0.1, 0.15) is 0 Å². The van der Waals surface area contributed by atoms with Crippen molar-refractivity contribution < 1.29 is 0 Å². The van der Waals surface area contributed by atoms with Crippen LogP contribution in [0.25, 0.3) is 0 Å². The minimum atomic E-state index is 0.274. The van der Waals surface area contributed by atoms with Crippen LogP contribution in [0, 0.1) is 0 Å². The van der Waals surface area contributed by atoms with Crippen LogP contribution in [0.1, 0.15) is 0 Å². The molecule has 0 spiro atoms. The van der Waals surface area contributed by atoms with E-state index in [2.05, 4.69) is 48.7 Å². The van der Waals surface area contributed by atoms with Crippen molar-refractivity contribution in [1.29, 1.82) is 0 Å². The topological polar surface area (TPSA) is 0 Å². The first-order chi connectivity index (χ1) is 5.24. The minimum Gasteiger partial charge on any atom is -0.247 e. The Balaban J connectivity index is 2.24. The van der Waals surface area contributed by atoms with Crippen LogP contribution in [0.15, 0.2) is 0 Å². The van der Waals surface area contributed by atoms with E-state index in [1.807, 2.05) is 0 Å². The summed E-state index contributed by atoms with van der Waals surface area (Å²) in [4.78, 5) is 0. The summed E-state index contributed by atoms with van der Waals surface area (Å²) in [6.45, 7) is 0. The second kappa shape index (κ2) is 5.20. The fraction of sp³-hybridized carbons (Fsp3) is 1.00. The second-order valence-electron chi connectivity index (χ2n) is 2.89. The van der Waals surface area contributed by atoms with Gasteiger partial charge in [0, 0.05) is 27.1 Å². The molecule has 0 amide bonds. The lowest BCUT2D eigenvalue weighted by Gasteiger charge is -2.30. The zero-order chi connectivity index (χ0) is 8.27. The van der Waals surface area contributed by atoms with Gasteiger partial charge >= 0.3 is 0 Å².